The maximum atomic E-state index is 11.4. The molecule has 4 nitrogen and oxygen atoms in total. The van der Waals surface area contributed by atoms with Crippen LogP contribution >= 0.6 is 15.9 Å². The molecule has 90 valence electrons. The predicted octanol–water partition coefficient (Wildman–Crippen LogP) is 1.33. The van der Waals surface area contributed by atoms with Gasteiger partial charge in [0.05, 0.1) is 13.2 Å². The van der Waals surface area contributed by atoms with Gasteiger partial charge in [-0.25, -0.2) is 0 Å². The summed E-state index contributed by atoms with van der Waals surface area (Å²) in [4.78, 5) is 11.6. The van der Waals surface area contributed by atoms with Crippen molar-refractivity contribution in [2.75, 3.05) is 26.9 Å². The Kier molecular flexibility index (Phi) is 7.13. The molecule has 1 unspecified atom stereocenters. The van der Waals surface area contributed by atoms with Crippen LogP contribution in [0.15, 0.2) is 0 Å². The highest BCUT2D eigenvalue weighted by molar-refractivity contribution is 9.09. The van der Waals surface area contributed by atoms with Gasteiger partial charge in [-0.05, 0) is 13.8 Å². The number of hydrogen-bond acceptors (Lipinski definition) is 3. The van der Waals surface area contributed by atoms with Gasteiger partial charge >= 0.3 is 0 Å². The minimum absolute atomic E-state index is 0.0759. The second-order valence-corrected chi connectivity index (χ2v) is 5.30. The lowest BCUT2D eigenvalue weighted by molar-refractivity contribution is -0.127. The number of carbonyl (C=O) groups excluding carboxylic acids is 1. The number of methoxy groups -OCH3 is 1. The summed E-state index contributed by atoms with van der Waals surface area (Å²) in [5, 5.41) is 2.88. The lowest BCUT2D eigenvalue weighted by atomic mass is 10.0. The molecule has 0 radical (unpaired) electrons. The summed E-state index contributed by atoms with van der Waals surface area (Å²) in [6, 6.07) is 0. The molecule has 0 saturated heterocycles. The summed E-state index contributed by atoms with van der Waals surface area (Å²) < 4.78 is 9.91. The first-order valence-corrected chi connectivity index (χ1v) is 5.83. The van der Waals surface area contributed by atoms with E-state index in [4.69, 9.17) is 9.47 Å². The van der Waals surface area contributed by atoms with Gasteiger partial charge in [-0.3, -0.25) is 4.79 Å². The highest BCUT2D eigenvalue weighted by atomic mass is 79.9. The number of carbonyl (C=O) groups is 1. The summed E-state index contributed by atoms with van der Waals surface area (Å²) in [5.41, 5.74) is -0.276. The minimum atomic E-state index is -0.276. The minimum Gasteiger partial charge on any atom is -0.382 e. The molecule has 0 aromatic carbocycles. The fourth-order valence-corrected chi connectivity index (χ4v) is 0.916. The number of halogens is 1. The molecule has 0 saturated carbocycles. The quantitative estimate of drug-likeness (QED) is 0.566. The lowest BCUT2D eigenvalue weighted by Crippen LogP contribution is -2.50. The number of ether oxygens (including phenoxy) is 2. The van der Waals surface area contributed by atoms with Gasteiger partial charge in [-0.1, -0.05) is 22.9 Å². The summed E-state index contributed by atoms with van der Waals surface area (Å²) in [7, 11) is 1.60. The van der Waals surface area contributed by atoms with Crippen molar-refractivity contribution < 1.29 is 14.3 Å². The normalized spacial score (nSPS) is 13.7. The van der Waals surface area contributed by atoms with Gasteiger partial charge < -0.3 is 14.8 Å². The fourth-order valence-electron chi connectivity index (χ4n) is 0.802. The van der Waals surface area contributed by atoms with Gasteiger partial charge in [0.25, 0.3) is 0 Å². The van der Waals surface area contributed by atoms with E-state index in [9.17, 15) is 4.79 Å². The van der Waals surface area contributed by atoms with Crippen LogP contribution in [-0.2, 0) is 14.3 Å². The van der Waals surface area contributed by atoms with E-state index in [0.29, 0.717) is 13.2 Å². The Balaban J connectivity index is 3.74. The molecule has 1 atom stereocenters. The van der Waals surface area contributed by atoms with E-state index in [0.717, 1.165) is 0 Å². The molecule has 0 rings (SSSR count). The third-order valence-corrected chi connectivity index (χ3v) is 3.27. The molecular weight excluding hydrogens is 262 g/mol. The van der Waals surface area contributed by atoms with E-state index in [-0.39, 0.29) is 22.9 Å². The van der Waals surface area contributed by atoms with Gasteiger partial charge in [0, 0.05) is 17.5 Å². The van der Waals surface area contributed by atoms with Gasteiger partial charge in [0.15, 0.2) is 0 Å². The van der Waals surface area contributed by atoms with Crippen LogP contribution in [-0.4, -0.2) is 43.2 Å². The zero-order valence-electron chi connectivity index (χ0n) is 9.80. The number of alkyl halides is 1. The molecule has 1 amide bonds. The second-order valence-electron chi connectivity index (χ2n) is 3.93. The zero-order valence-corrected chi connectivity index (χ0v) is 11.4. The van der Waals surface area contributed by atoms with E-state index in [1.54, 1.807) is 7.11 Å². The van der Waals surface area contributed by atoms with Crippen molar-refractivity contribution in [3.63, 3.8) is 0 Å². The van der Waals surface area contributed by atoms with Crippen LogP contribution in [0, 0.1) is 0 Å². The molecule has 0 aromatic rings. The maximum absolute atomic E-state index is 11.4. The summed E-state index contributed by atoms with van der Waals surface area (Å²) in [5.74, 6) is -0.109. The highest BCUT2D eigenvalue weighted by Gasteiger charge is 2.25. The van der Waals surface area contributed by atoms with Crippen molar-refractivity contribution in [1.29, 1.82) is 0 Å². The molecule has 0 spiro atoms. The number of nitrogens with one attached hydrogen (secondary N) is 1. The fraction of sp³-hybridized carbons (Fsp3) is 0.900. The Hall–Kier alpha value is -0.130. The van der Waals surface area contributed by atoms with E-state index in [1.165, 1.54) is 0 Å². The van der Waals surface area contributed by atoms with Crippen molar-refractivity contribution in [2.45, 2.75) is 31.1 Å². The first-order valence-electron chi connectivity index (χ1n) is 4.92. The summed E-state index contributed by atoms with van der Waals surface area (Å²) >= 11 is 3.44. The molecule has 0 aromatic heterocycles. The zero-order chi connectivity index (χ0) is 11.9. The lowest BCUT2D eigenvalue weighted by Gasteiger charge is -2.29. The predicted molar refractivity (Wildman–Crippen MR) is 63.3 cm³/mol. The van der Waals surface area contributed by atoms with Gasteiger partial charge in [0.2, 0.25) is 5.91 Å². The number of hydrogen-bond donors (Lipinski definition) is 1. The van der Waals surface area contributed by atoms with Crippen LogP contribution in [0.4, 0.5) is 0 Å². The third-order valence-electron chi connectivity index (χ3n) is 2.12. The molecule has 0 fully saturated rings. The third kappa shape index (κ3) is 6.87. The first-order chi connectivity index (χ1) is 6.90. The van der Waals surface area contributed by atoms with E-state index >= 15 is 0 Å². The van der Waals surface area contributed by atoms with E-state index in [2.05, 4.69) is 21.2 Å². The Labute approximate surface area is 99.8 Å². The van der Waals surface area contributed by atoms with Crippen LogP contribution in [0.2, 0.25) is 0 Å². The SMILES string of the molecule is COCCOCC(=O)NC(C)(C)C(C)Br. The molecule has 0 aliphatic carbocycles. The van der Waals surface area contributed by atoms with Crippen molar-refractivity contribution in [3.8, 4) is 0 Å². The molecule has 5 heteroatoms. The van der Waals surface area contributed by atoms with Gasteiger partial charge in [0.1, 0.15) is 6.61 Å². The van der Waals surface area contributed by atoms with Crippen LogP contribution in [0.25, 0.3) is 0 Å². The molecule has 0 aliphatic heterocycles. The molecule has 0 heterocycles. The molecule has 15 heavy (non-hydrogen) atoms. The molecular formula is C10H20BrNO3. The van der Waals surface area contributed by atoms with Gasteiger partial charge in [-0.15, -0.1) is 0 Å². The Bertz CT molecular complexity index is 195. The molecule has 0 aliphatic rings. The number of amides is 1. The van der Waals surface area contributed by atoms with Crippen molar-refractivity contribution >= 4 is 21.8 Å². The van der Waals surface area contributed by atoms with Crippen LogP contribution in [0.1, 0.15) is 20.8 Å². The topological polar surface area (TPSA) is 47.6 Å². The summed E-state index contributed by atoms with van der Waals surface area (Å²) in [6.45, 7) is 6.93. The van der Waals surface area contributed by atoms with E-state index < -0.39 is 0 Å². The van der Waals surface area contributed by atoms with E-state index in [1.807, 2.05) is 20.8 Å². The average molecular weight is 282 g/mol. The molecule has 1 N–H and O–H groups in total. The maximum Gasteiger partial charge on any atom is 0.246 e. The largest absolute Gasteiger partial charge is 0.382 e. The van der Waals surface area contributed by atoms with Crippen molar-refractivity contribution in [3.05, 3.63) is 0 Å². The standard InChI is InChI=1S/C10H20BrNO3/c1-8(11)10(2,3)12-9(13)7-15-6-5-14-4/h8H,5-7H2,1-4H3,(H,12,13). The monoisotopic (exact) mass is 281 g/mol. The second kappa shape index (κ2) is 7.19. The van der Waals surface area contributed by atoms with Crippen molar-refractivity contribution in [1.82, 2.24) is 5.32 Å². The highest BCUT2D eigenvalue weighted by Crippen LogP contribution is 2.16. The van der Waals surface area contributed by atoms with Crippen LogP contribution < -0.4 is 5.32 Å². The Morgan fingerprint density at radius 3 is 2.53 bits per heavy atom. The van der Waals surface area contributed by atoms with Crippen LogP contribution in [0.5, 0.6) is 0 Å². The van der Waals surface area contributed by atoms with Crippen molar-refractivity contribution in [2.24, 2.45) is 0 Å². The Morgan fingerprint density at radius 2 is 2.07 bits per heavy atom. The smallest absolute Gasteiger partial charge is 0.246 e. The number of rotatable bonds is 7. The summed E-state index contributed by atoms with van der Waals surface area (Å²) in [6.07, 6.45) is 0. The first kappa shape index (κ1) is 14.9. The van der Waals surface area contributed by atoms with Gasteiger partial charge in [-0.2, -0.15) is 0 Å². The molecule has 0 bridgehead atoms. The Morgan fingerprint density at radius 1 is 1.47 bits per heavy atom. The van der Waals surface area contributed by atoms with Crippen LogP contribution in [0.3, 0.4) is 0 Å². The average Bonchev–Trinajstić information content (AvgIpc) is 2.11.